The molecule has 0 bridgehead atoms. The first-order valence-electron chi connectivity index (χ1n) is 9.12. The lowest BCUT2D eigenvalue weighted by Gasteiger charge is -2.29. The van der Waals surface area contributed by atoms with Gasteiger partial charge in [-0.2, -0.15) is 5.10 Å². The van der Waals surface area contributed by atoms with Gasteiger partial charge >= 0.3 is 0 Å². The van der Waals surface area contributed by atoms with Crippen molar-refractivity contribution >= 4 is 0 Å². The van der Waals surface area contributed by atoms with Crippen LogP contribution in [-0.2, 0) is 6.42 Å². The Balaban J connectivity index is 1.54. The third kappa shape index (κ3) is 4.09. The first kappa shape index (κ1) is 15.1. The molecule has 0 radical (unpaired) electrons. The molecule has 118 valence electrons. The molecule has 1 heterocycles. The summed E-state index contributed by atoms with van der Waals surface area (Å²) < 4.78 is 2.26. The largest absolute Gasteiger partial charge is 0.314 e. The van der Waals surface area contributed by atoms with Crippen molar-refractivity contribution in [3.8, 4) is 0 Å². The van der Waals surface area contributed by atoms with Gasteiger partial charge in [0.25, 0.3) is 0 Å². The summed E-state index contributed by atoms with van der Waals surface area (Å²) in [5, 5.41) is 8.53. The maximum Gasteiger partial charge on any atom is 0.0627 e. The molecule has 1 N–H and O–H groups in total. The molecule has 0 aromatic carbocycles. The molecule has 21 heavy (non-hydrogen) atoms. The molecule has 3 nitrogen and oxygen atoms in total. The molecule has 2 atom stereocenters. The Morgan fingerprint density at radius 3 is 2.81 bits per heavy atom. The zero-order valence-electron chi connectivity index (χ0n) is 13.6. The van der Waals surface area contributed by atoms with Crippen LogP contribution in [0, 0.1) is 5.92 Å². The fourth-order valence-corrected chi connectivity index (χ4v) is 4.28. The minimum atomic E-state index is 0.674. The van der Waals surface area contributed by atoms with E-state index in [1.807, 2.05) is 0 Å². The summed E-state index contributed by atoms with van der Waals surface area (Å²) in [6.45, 7) is 3.32. The maximum atomic E-state index is 4.90. The first-order valence-corrected chi connectivity index (χ1v) is 9.12. The standard InChI is InChI=1S/C18H31N3/c1-2-19-16-8-6-7-15(13-16)14-17-11-12-21(20-17)18-9-4-3-5-10-18/h11-12,15-16,18-19H,2-10,13-14H2,1H3. The van der Waals surface area contributed by atoms with Crippen LogP contribution in [0.1, 0.15) is 76.4 Å². The number of hydrogen-bond acceptors (Lipinski definition) is 2. The highest BCUT2D eigenvalue weighted by molar-refractivity contribution is 5.02. The van der Waals surface area contributed by atoms with Crippen LogP contribution in [0.25, 0.3) is 0 Å². The average molecular weight is 289 g/mol. The minimum Gasteiger partial charge on any atom is -0.314 e. The van der Waals surface area contributed by atoms with E-state index >= 15 is 0 Å². The van der Waals surface area contributed by atoms with Gasteiger partial charge in [0.15, 0.2) is 0 Å². The zero-order chi connectivity index (χ0) is 14.5. The SMILES string of the molecule is CCNC1CCCC(Cc2ccn(C3CCCCC3)n2)C1. The molecule has 2 saturated carbocycles. The van der Waals surface area contributed by atoms with Crippen molar-refractivity contribution in [2.75, 3.05) is 6.54 Å². The number of nitrogens with one attached hydrogen (secondary N) is 1. The molecule has 2 fully saturated rings. The van der Waals surface area contributed by atoms with Crippen molar-refractivity contribution < 1.29 is 0 Å². The highest BCUT2D eigenvalue weighted by atomic mass is 15.3. The summed E-state index contributed by atoms with van der Waals surface area (Å²) in [5.74, 6) is 0.831. The van der Waals surface area contributed by atoms with Crippen molar-refractivity contribution in [3.63, 3.8) is 0 Å². The minimum absolute atomic E-state index is 0.674. The first-order chi connectivity index (χ1) is 10.3. The Labute approximate surface area is 129 Å². The average Bonchev–Trinajstić information content (AvgIpc) is 2.97. The van der Waals surface area contributed by atoms with Crippen molar-refractivity contribution in [2.24, 2.45) is 5.92 Å². The van der Waals surface area contributed by atoms with Gasteiger partial charge in [-0.1, -0.05) is 32.6 Å². The van der Waals surface area contributed by atoms with Gasteiger partial charge in [0, 0.05) is 12.2 Å². The quantitative estimate of drug-likeness (QED) is 0.884. The summed E-state index contributed by atoms with van der Waals surface area (Å²) in [6, 6.07) is 3.69. The summed E-state index contributed by atoms with van der Waals surface area (Å²) in [6.07, 6.45) is 15.7. The van der Waals surface area contributed by atoms with E-state index in [-0.39, 0.29) is 0 Å². The molecular weight excluding hydrogens is 258 g/mol. The second kappa shape index (κ2) is 7.44. The highest BCUT2D eigenvalue weighted by Gasteiger charge is 2.23. The molecule has 2 unspecified atom stereocenters. The Hall–Kier alpha value is -0.830. The Morgan fingerprint density at radius 1 is 1.14 bits per heavy atom. The predicted octanol–water partition coefficient (Wildman–Crippen LogP) is 4.10. The molecule has 2 aliphatic rings. The van der Waals surface area contributed by atoms with E-state index in [4.69, 9.17) is 5.10 Å². The van der Waals surface area contributed by atoms with Gasteiger partial charge in [0.05, 0.1) is 11.7 Å². The number of aromatic nitrogens is 2. The topological polar surface area (TPSA) is 29.9 Å². The third-order valence-corrected chi connectivity index (χ3v) is 5.39. The second-order valence-electron chi connectivity index (χ2n) is 7.07. The van der Waals surface area contributed by atoms with Crippen LogP contribution < -0.4 is 5.32 Å². The molecule has 0 aliphatic heterocycles. The van der Waals surface area contributed by atoms with Crippen molar-refractivity contribution in [1.82, 2.24) is 15.1 Å². The smallest absolute Gasteiger partial charge is 0.0627 e. The van der Waals surface area contributed by atoms with Crippen LogP contribution in [-0.4, -0.2) is 22.4 Å². The Morgan fingerprint density at radius 2 is 2.00 bits per heavy atom. The third-order valence-electron chi connectivity index (χ3n) is 5.39. The molecule has 1 aromatic heterocycles. The van der Waals surface area contributed by atoms with E-state index < -0.39 is 0 Å². The molecule has 0 saturated heterocycles. The lowest BCUT2D eigenvalue weighted by molar-refractivity contribution is 0.283. The van der Waals surface area contributed by atoms with Crippen LogP contribution in [0.4, 0.5) is 0 Å². The van der Waals surface area contributed by atoms with E-state index in [9.17, 15) is 0 Å². The van der Waals surface area contributed by atoms with Crippen LogP contribution in [0.3, 0.4) is 0 Å². The molecule has 2 aliphatic carbocycles. The molecule has 0 amide bonds. The highest BCUT2D eigenvalue weighted by Crippen LogP contribution is 2.29. The Kier molecular flexibility index (Phi) is 5.34. The Bertz CT molecular complexity index is 418. The van der Waals surface area contributed by atoms with E-state index in [1.165, 1.54) is 69.9 Å². The van der Waals surface area contributed by atoms with Gasteiger partial charge in [-0.25, -0.2) is 0 Å². The summed E-state index contributed by atoms with van der Waals surface area (Å²) >= 11 is 0. The predicted molar refractivity (Wildman–Crippen MR) is 87.5 cm³/mol. The van der Waals surface area contributed by atoms with E-state index in [0.29, 0.717) is 6.04 Å². The van der Waals surface area contributed by atoms with Crippen LogP contribution in [0.15, 0.2) is 12.3 Å². The van der Waals surface area contributed by atoms with Gasteiger partial charge < -0.3 is 5.32 Å². The van der Waals surface area contributed by atoms with Gasteiger partial charge in [0.2, 0.25) is 0 Å². The van der Waals surface area contributed by atoms with Gasteiger partial charge in [-0.05, 0) is 57.1 Å². The lowest BCUT2D eigenvalue weighted by atomic mass is 9.83. The fourth-order valence-electron chi connectivity index (χ4n) is 4.28. The lowest BCUT2D eigenvalue weighted by Crippen LogP contribution is -2.34. The molecule has 0 spiro atoms. The van der Waals surface area contributed by atoms with E-state index in [1.54, 1.807) is 0 Å². The normalized spacial score (nSPS) is 27.9. The van der Waals surface area contributed by atoms with Crippen molar-refractivity contribution in [1.29, 1.82) is 0 Å². The zero-order valence-corrected chi connectivity index (χ0v) is 13.6. The summed E-state index contributed by atoms with van der Waals surface area (Å²) in [5.41, 5.74) is 1.32. The number of rotatable bonds is 5. The molecular formula is C18H31N3. The van der Waals surface area contributed by atoms with Gasteiger partial charge in [-0.15, -0.1) is 0 Å². The van der Waals surface area contributed by atoms with Gasteiger partial charge in [0.1, 0.15) is 0 Å². The number of nitrogens with zero attached hydrogens (tertiary/aromatic N) is 2. The van der Waals surface area contributed by atoms with Crippen LogP contribution in [0.5, 0.6) is 0 Å². The summed E-state index contributed by atoms with van der Waals surface area (Å²) in [4.78, 5) is 0. The number of hydrogen-bond donors (Lipinski definition) is 1. The van der Waals surface area contributed by atoms with Crippen molar-refractivity contribution in [2.45, 2.75) is 83.2 Å². The van der Waals surface area contributed by atoms with E-state index in [0.717, 1.165) is 18.5 Å². The monoisotopic (exact) mass is 289 g/mol. The maximum absolute atomic E-state index is 4.90. The van der Waals surface area contributed by atoms with E-state index in [2.05, 4.69) is 29.2 Å². The van der Waals surface area contributed by atoms with Crippen molar-refractivity contribution in [3.05, 3.63) is 18.0 Å². The molecule has 3 heteroatoms. The molecule has 1 aromatic rings. The summed E-state index contributed by atoms with van der Waals surface area (Å²) in [7, 11) is 0. The van der Waals surface area contributed by atoms with Crippen LogP contribution in [0.2, 0.25) is 0 Å². The van der Waals surface area contributed by atoms with Crippen LogP contribution >= 0.6 is 0 Å². The molecule has 3 rings (SSSR count). The second-order valence-corrected chi connectivity index (χ2v) is 7.07. The van der Waals surface area contributed by atoms with Gasteiger partial charge in [-0.3, -0.25) is 4.68 Å². The fraction of sp³-hybridized carbons (Fsp3) is 0.833.